The Kier molecular flexibility index (Phi) is 6.69. The molecular formula is C20H22ClNO5. The molecule has 1 amide bonds. The summed E-state index contributed by atoms with van der Waals surface area (Å²) < 4.78 is 15.7. The Morgan fingerprint density at radius 2 is 1.67 bits per heavy atom. The Hall–Kier alpha value is -2.73. The van der Waals surface area contributed by atoms with Crippen LogP contribution in [-0.2, 0) is 9.53 Å². The molecule has 0 heterocycles. The number of esters is 1. The van der Waals surface area contributed by atoms with E-state index in [1.165, 1.54) is 21.1 Å². The number of ether oxygens (including phenoxy) is 3. The van der Waals surface area contributed by atoms with Gasteiger partial charge in [-0.05, 0) is 50.1 Å². The zero-order chi connectivity index (χ0) is 20.1. The smallest absolute Gasteiger partial charge is 0.339 e. The predicted octanol–water partition coefficient (Wildman–Crippen LogP) is 4.16. The van der Waals surface area contributed by atoms with Crippen molar-refractivity contribution in [3.05, 3.63) is 52.0 Å². The highest BCUT2D eigenvalue weighted by atomic mass is 35.5. The molecule has 0 bridgehead atoms. The number of amides is 1. The van der Waals surface area contributed by atoms with Crippen molar-refractivity contribution in [2.24, 2.45) is 0 Å². The average Bonchev–Trinajstić information content (AvgIpc) is 2.64. The number of hydrogen-bond donors (Lipinski definition) is 1. The van der Waals surface area contributed by atoms with E-state index in [4.69, 9.17) is 25.8 Å². The van der Waals surface area contributed by atoms with Crippen LogP contribution < -0.4 is 14.8 Å². The zero-order valence-electron chi connectivity index (χ0n) is 15.9. The van der Waals surface area contributed by atoms with E-state index in [-0.39, 0.29) is 0 Å². The van der Waals surface area contributed by atoms with Gasteiger partial charge in [-0.2, -0.15) is 0 Å². The largest absolute Gasteiger partial charge is 0.496 e. The molecular weight excluding hydrogens is 370 g/mol. The number of methoxy groups -OCH3 is 2. The van der Waals surface area contributed by atoms with Crippen LogP contribution in [-0.4, -0.2) is 32.2 Å². The van der Waals surface area contributed by atoms with Crippen molar-refractivity contribution < 1.29 is 23.8 Å². The zero-order valence-corrected chi connectivity index (χ0v) is 16.6. The third kappa shape index (κ3) is 4.92. The van der Waals surface area contributed by atoms with Gasteiger partial charge in [-0.1, -0.05) is 17.7 Å². The van der Waals surface area contributed by atoms with Crippen molar-refractivity contribution >= 4 is 29.2 Å². The van der Waals surface area contributed by atoms with Gasteiger partial charge in [-0.15, -0.1) is 0 Å². The Morgan fingerprint density at radius 3 is 2.30 bits per heavy atom. The number of halogens is 1. The summed E-state index contributed by atoms with van der Waals surface area (Å²) in [6.07, 6.45) is -1.01. The molecule has 0 aliphatic rings. The molecule has 1 unspecified atom stereocenters. The minimum atomic E-state index is -1.01. The number of aryl methyl sites for hydroxylation is 2. The van der Waals surface area contributed by atoms with Crippen LogP contribution in [0.4, 0.5) is 5.69 Å². The lowest BCUT2D eigenvalue weighted by molar-refractivity contribution is -0.123. The highest BCUT2D eigenvalue weighted by Gasteiger charge is 2.21. The molecule has 0 saturated carbocycles. The third-order valence-electron chi connectivity index (χ3n) is 4.04. The van der Waals surface area contributed by atoms with Crippen molar-refractivity contribution in [1.82, 2.24) is 0 Å². The standard InChI is InChI=1S/C20H22ClNO5/c1-11-6-7-14(9-17(11)25-4)20(24)27-13(3)19(23)22-16-8-12(2)15(21)10-18(16)26-5/h6-10,13H,1-5H3,(H,22,23). The molecule has 0 radical (unpaired) electrons. The molecule has 2 rings (SSSR count). The number of nitrogens with one attached hydrogen (secondary N) is 1. The summed E-state index contributed by atoms with van der Waals surface area (Å²) in [4.78, 5) is 24.7. The van der Waals surface area contributed by atoms with Crippen molar-refractivity contribution in [3.8, 4) is 11.5 Å². The molecule has 0 aliphatic carbocycles. The number of benzene rings is 2. The molecule has 1 atom stereocenters. The molecule has 2 aromatic rings. The molecule has 144 valence electrons. The fraction of sp³-hybridized carbons (Fsp3) is 0.300. The fourth-order valence-corrected chi connectivity index (χ4v) is 2.55. The van der Waals surface area contributed by atoms with E-state index in [2.05, 4.69) is 5.32 Å². The summed E-state index contributed by atoms with van der Waals surface area (Å²) in [5, 5.41) is 3.22. The first-order valence-electron chi connectivity index (χ1n) is 8.27. The molecule has 0 aliphatic heterocycles. The van der Waals surface area contributed by atoms with E-state index in [1.807, 2.05) is 13.8 Å². The SMILES string of the molecule is COc1cc(C(=O)OC(C)C(=O)Nc2cc(C)c(Cl)cc2OC)ccc1C. The molecule has 0 saturated heterocycles. The topological polar surface area (TPSA) is 73.9 Å². The normalized spacial score (nSPS) is 11.5. The van der Waals surface area contributed by atoms with E-state index in [0.717, 1.165) is 11.1 Å². The summed E-state index contributed by atoms with van der Waals surface area (Å²) in [5.74, 6) is -0.110. The number of rotatable bonds is 6. The maximum atomic E-state index is 12.4. The molecule has 0 fully saturated rings. The van der Waals surface area contributed by atoms with Crippen LogP contribution in [0.5, 0.6) is 11.5 Å². The maximum Gasteiger partial charge on any atom is 0.339 e. The second-order valence-corrected chi connectivity index (χ2v) is 6.43. The van der Waals surface area contributed by atoms with Gasteiger partial charge in [0.1, 0.15) is 11.5 Å². The highest BCUT2D eigenvalue weighted by molar-refractivity contribution is 6.31. The van der Waals surface area contributed by atoms with Gasteiger partial charge in [0, 0.05) is 11.1 Å². The lowest BCUT2D eigenvalue weighted by Gasteiger charge is -2.16. The van der Waals surface area contributed by atoms with Crippen molar-refractivity contribution in [2.45, 2.75) is 26.9 Å². The number of carbonyl (C=O) groups is 2. The first-order valence-corrected chi connectivity index (χ1v) is 8.65. The Bertz CT molecular complexity index is 866. The van der Waals surface area contributed by atoms with Crippen LogP contribution in [0, 0.1) is 13.8 Å². The average molecular weight is 392 g/mol. The maximum absolute atomic E-state index is 12.4. The van der Waals surface area contributed by atoms with Crippen LogP contribution in [0.2, 0.25) is 5.02 Å². The van der Waals surface area contributed by atoms with Crippen molar-refractivity contribution in [2.75, 3.05) is 19.5 Å². The number of carbonyl (C=O) groups excluding carboxylic acids is 2. The second-order valence-electron chi connectivity index (χ2n) is 6.02. The molecule has 7 heteroatoms. The number of hydrogen-bond acceptors (Lipinski definition) is 5. The quantitative estimate of drug-likeness (QED) is 0.748. The van der Waals surface area contributed by atoms with Gasteiger partial charge in [-0.3, -0.25) is 4.79 Å². The van der Waals surface area contributed by atoms with Gasteiger partial charge in [0.2, 0.25) is 0 Å². The third-order valence-corrected chi connectivity index (χ3v) is 4.44. The number of anilines is 1. The van der Waals surface area contributed by atoms with Crippen molar-refractivity contribution in [3.63, 3.8) is 0 Å². The second kappa shape index (κ2) is 8.77. The Balaban J connectivity index is 2.10. The molecule has 0 spiro atoms. The first-order chi connectivity index (χ1) is 12.8. The summed E-state index contributed by atoms with van der Waals surface area (Å²) in [5.41, 5.74) is 2.43. The fourth-order valence-electron chi connectivity index (χ4n) is 2.39. The Labute approximate surface area is 163 Å². The van der Waals surface area contributed by atoms with E-state index in [9.17, 15) is 9.59 Å². The highest BCUT2D eigenvalue weighted by Crippen LogP contribution is 2.31. The van der Waals surface area contributed by atoms with Gasteiger partial charge in [0.25, 0.3) is 5.91 Å². The minimum Gasteiger partial charge on any atom is -0.496 e. The molecule has 6 nitrogen and oxygen atoms in total. The molecule has 1 N–H and O–H groups in total. The minimum absolute atomic E-state index is 0.303. The molecule has 0 aromatic heterocycles. The molecule has 2 aromatic carbocycles. The van der Waals surface area contributed by atoms with E-state index in [1.54, 1.807) is 30.3 Å². The lowest BCUT2D eigenvalue weighted by Crippen LogP contribution is -2.30. The van der Waals surface area contributed by atoms with Crippen molar-refractivity contribution in [1.29, 1.82) is 0 Å². The lowest BCUT2D eigenvalue weighted by atomic mass is 10.1. The predicted molar refractivity (Wildman–Crippen MR) is 104 cm³/mol. The monoisotopic (exact) mass is 391 g/mol. The van der Waals surface area contributed by atoms with Crippen LogP contribution in [0.15, 0.2) is 30.3 Å². The van der Waals surface area contributed by atoms with Crippen LogP contribution in [0.25, 0.3) is 0 Å². The summed E-state index contributed by atoms with van der Waals surface area (Å²) in [7, 11) is 3.00. The van der Waals surface area contributed by atoms with Gasteiger partial charge >= 0.3 is 5.97 Å². The van der Waals surface area contributed by atoms with Crippen LogP contribution in [0.3, 0.4) is 0 Å². The van der Waals surface area contributed by atoms with Gasteiger partial charge in [-0.25, -0.2) is 4.79 Å². The van der Waals surface area contributed by atoms with Gasteiger partial charge in [0.05, 0.1) is 25.5 Å². The van der Waals surface area contributed by atoms with E-state index < -0.39 is 18.0 Å². The van der Waals surface area contributed by atoms with E-state index in [0.29, 0.717) is 27.8 Å². The van der Waals surface area contributed by atoms with Crippen LogP contribution >= 0.6 is 11.6 Å². The van der Waals surface area contributed by atoms with Gasteiger partial charge in [0.15, 0.2) is 6.10 Å². The Morgan fingerprint density at radius 1 is 1.00 bits per heavy atom. The summed E-state index contributed by atoms with van der Waals surface area (Å²) in [6.45, 7) is 5.17. The molecule has 27 heavy (non-hydrogen) atoms. The first kappa shape index (κ1) is 20.6. The van der Waals surface area contributed by atoms with E-state index >= 15 is 0 Å². The van der Waals surface area contributed by atoms with Gasteiger partial charge < -0.3 is 19.5 Å². The summed E-state index contributed by atoms with van der Waals surface area (Å²) in [6, 6.07) is 8.26. The van der Waals surface area contributed by atoms with Crippen LogP contribution in [0.1, 0.15) is 28.4 Å². The summed E-state index contributed by atoms with van der Waals surface area (Å²) >= 11 is 6.06.